The van der Waals surface area contributed by atoms with Crippen molar-refractivity contribution in [1.29, 1.82) is 0 Å². The van der Waals surface area contributed by atoms with E-state index in [-0.39, 0.29) is 24.7 Å². The van der Waals surface area contributed by atoms with Crippen molar-refractivity contribution in [3.05, 3.63) is 77.0 Å². The number of hydrogen-bond donors (Lipinski definition) is 4. The average molecular weight is 470 g/mol. The van der Waals surface area contributed by atoms with Crippen molar-refractivity contribution >= 4 is 29.5 Å². The van der Waals surface area contributed by atoms with Crippen LogP contribution in [0.15, 0.2) is 65.9 Å². The molecule has 1 saturated heterocycles. The normalized spacial score (nSPS) is 20.5. The minimum Gasteiger partial charge on any atom is -0.508 e. The summed E-state index contributed by atoms with van der Waals surface area (Å²) >= 11 is 1.34. The molecule has 2 aliphatic heterocycles. The molecule has 9 nitrogen and oxygen atoms in total. The van der Waals surface area contributed by atoms with E-state index in [0.29, 0.717) is 16.9 Å². The molecule has 0 radical (unpaired) electrons. The zero-order valence-electron chi connectivity index (χ0n) is 17.5. The topological polar surface area (TPSA) is 142 Å². The maximum atomic E-state index is 12.9. The number of aliphatic hydroxyl groups excluding tert-OH is 1. The van der Waals surface area contributed by atoms with Gasteiger partial charge in [-0.15, -0.1) is 11.8 Å². The molecule has 0 aromatic heterocycles. The Morgan fingerprint density at radius 2 is 1.88 bits per heavy atom. The lowest BCUT2D eigenvalue weighted by Crippen LogP contribution is -2.71. The first-order valence-corrected chi connectivity index (χ1v) is 11.3. The number of fused-ring (bicyclic) bond motifs is 1. The fraction of sp³-hybridized carbons (Fsp3) is 0.261. The Morgan fingerprint density at radius 1 is 1.18 bits per heavy atom. The Bertz CT molecular complexity index is 1090. The van der Waals surface area contributed by atoms with Crippen LogP contribution in [0.5, 0.6) is 5.75 Å². The zero-order valence-corrected chi connectivity index (χ0v) is 18.3. The quantitative estimate of drug-likeness (QED) is 0.344. The summed E-state index contributed by atoms with van der Waals surface area (Å²) in [6.07, 6.45) is 0. The van der Waals surface area contributed by atoms with Gasteiger partial charge >= 0.3 is 5.97 Å². The van der Waals surface area contributed by atoms with Gasteiger partial charge in [0.05, 0.1) is 6.61 Å². The maximum Gasteiger partial charge on any atom is 0.355 e. The number of ether oxygens (including phenoxy) is 1. The Labute approximate surface area is 194 Å². The lowest BCUT2D eigenvalue weighted by Gasteiger charge is -2.49. The number of esters is 1. The van der Waals surface area contributed by atoms with E-state index in [4.69, 9.17) is 10.5 Å². The number of amides is 2. The summed E-state index contributed by atoms with van der Waals surface area (Å²) in [5.41, 5.74) is 7.70. The van der Waals surface area contributed by atoms with Crippen LogP contribution in [0, 0.1) is 0 Å². The first kappa shape index (κ1) is 22.8. The van der Waals surface area contributed by atoms with E-state index in [1.54, 1.807) is 0 Å². The summed E-state index contributed by atoms with van der Waals surface area (Å²) < 4.78 is 5.38. The second-order valence-electron chi connectivity index (χ2n) is 7.64. The standard InChI is InChI=1S/C23H23N3O6S/c24-17(14-6-8-16(28)9-7-14)20(29)25-18-21(30)26-19(15(10-27)12-33-22(18)26)23(31)32-11-13-4-2-1-3-5-13/h1-9,17-18,22,27-28H,10-12,24H2,(H,25,29)/t17?,18-,22+/m0/s1. The van der Waals surface area contributed by atoms with Crippen molar-refractivity contribution in [2.45, 2.75) is 24.1 Å². The second-order valence-corrected chi connectivity index (χ2v) is 8.74. The smallest absolute Gasteiger partial charge is 0.355 e. The molecule has 0 spiro atoms. The molecule has 4 rings (SSSR count). The summed E-state index contributed by atoms with van der Waals surface area (Å²) in [6.45, 7) is -0.356. The van der Waals surface area contributed by atoms with Gasteiger partial charge in [-0.25, -0.2) is 4.79 Å². The number of hydrogen-bond acceptors (Lipinski definition) is 8. The zero-order chi connectivity index (χ0) is 23.5. The van der Waals surface area contributed by atoms with Gasteiger partial charge in [-0.3, -0.25) is 14.5 Å². The van der Waals surface area contributed by atoms with Crippen molar-refractivity contribution in [3.63, 3.8) is 0 Å². The monoisotopic (exact) mass is 469 g/mol. The largest absolute Gasteiger partial charge is 0.508 e. The molecule has 2 amide bonds. The van der Waals surface area contributed by atoms with Crippen LogP contribution in [0.4, 0.5) is 0 Å². The van der Waals surface area contributed by atoms with E-state index in [1.807, 2.05) is 30.3 Å². The van der Waals surface area contributed by atoms with Crippen LogP contribution in [0.3, 0.4) is 0 Å². The summed E-state index contributed by atoms with van der Waals surface area (Å²) in [4.78, 5) is 39.6. The summed E-state index contributed by atoms with van der Waals surface area (Å²) in [5.74, 6) is -1.36. The van der Waals surface area contributed by atoms with E-state index in [2.05, 4.69) is 5.32 Å². The fourth-order valence-electron chi connectivity index (χ4n) is 3.66. The minimum absolute atomic E-state index is 0.0236. The number of rotatable bonds is 7. The highest BCUT2D eigenvalue weighted by Crippen LogP contribution is 2.40. The molecule has 3 atom stereocenters. The third-order valence-corrected chi connectivity index (χ3v) is 6.82. The van der Waals surface area contributed by atoms with Crippen molar-refractivity contribution in [1.82, 2.24) is 10.2 Å². The number of aliphatic hydroxyl groups is 1. The molecule has 2 aromatic rings. The van der Waals surface area contributed by atoms with Gasteiger partial charge in [0, 0.05) is 5.75 Å². The molecule has 2 aliphatic rings. The van der Waals surface area contributed by atoms with Gasteiger partial charge in [0.1, 0.15) is 35.5 Å². The number of β-lactam (4-membered cyclic amide) rings is 1. The lowest BCUT2D eigenvalue weighted by molar-refractivity contribution is -0.153. The first-order valence-electron chi connectivity index (χ1n) is 10.2. The van der Waals surface area contributed by atoms with Crippen molar-refractivity contribution in [2.24, 2.45) is 5.73 Å². The number of benzene rings is 2. The van der Waals surface area contributed by atoms with Crippen molar-refractivity contribution < 1.29 is 29.3 Å². The molecule has 33 heavy (non-hydrogen) atoms. The van der Waals surface area contributed by atoms with E-state index in [0.717, 1.165) is 5.56 Å². The number of carbonyl (C=O) groups excluding carboxylic acids is 3. The molecule has 0 aliphatic carbocycles. The van der Waals surface area contributed by atoms with E-state index in [9.17, 15) is 24.6 Å². The predicted octanol–water partition coefficient (Wildman–Crippen LogP) is 0.782. The van der Waals surface area contributed by atoms with Crippen LogP contribution in [0.2, 0.25) is 0 Å². The Hall–Kier alpha value is -3.34. The molecular formula is C23H23N3O6S. The van der Waals surface area contributed by atoms with E-state index in [1.165, 1.54) is 40.9 Å². The third-order valence-electron chi connectivity index (χ3n) is 5.48. The molecule has 0 bridgehead atoms. The number of thioether (sulfide) groups is 1. The Morgan fingerprint density at radius 3 is 2.55 bits per heavy atom. The van der Waals surface area contributed by atoms with Crippen LogP contribution in [-0.4, -0.2) is 56.7 Å². The Balaban J connectivity index is 1.44. The molecule has 10 heteroatoms. The summed E-state index contributed by atoms with van der Waals surface area (Å²) in [6, 6.07) is 13.1. The van der Waals surface area contributed by atoms with Gasteiger partial charge in [-0.1, -0.05) is 42.5 Å². The summed E-state index contributed by atoms with van der Waals surface area (Å²) in [5, 5.41) is 21.3. The highest BCUT2D eigenvalue weighted by molar-refractivity contribution is 8.00. The molecule has 0 saturated carbocycles. The molecule has 1 fully saturated rings. The third kappa shape index (κ3) is 4.58. The van der Waals surface area contributed by atoms with Crippen molar-refractivity contribution in [3.8, 4) is 5.75 Å². The number of nitrogens with one attached hydrogen (secondary N) is 1. The highest BCUT2D eigenvalue weighted by Gasteiger charge is 2.54. The number of carbonyl (C=O) groups is 3. The van der Waals surface area contributed by atoms with Crippen LogP contribution in [0.25, 0.3) is 0 Å². The molecule has 5 N–H and O–H groups in total. The highest BCUT2D eigenvalue weighted by atomic mass is 32.2. The van der Waals surface area contributed by atoms with E-state index < -0.39 is 35.2 Å². The first-order chi connectivity index (χ1) is 15.9. The van der Waals surface area contributed by atoms with Crippen molar-refractivity contribution in [2.75, 3.05) is 12.4 Å². The van der Waals surface area contributed by atoms with Gasteiger partial charge in [-0.05, 0) is 28.8 Å². The van der Waals surface area contributed by atoms with Crippen LogP contribution in [0.1, 0.15) is 17.2 Å². The predicted molar refractivity (Wildman–Crippen MR) is 120 cm³/mol. The van der Waals surface area contributed by atoms with Gasteiger partial charge in [0.25, 0.3) is 5.91 Å². The number of nitrogens with two attached hydrogens (primary N) is 1. The van der Waals surface area contributed by atoms with Crippen LogP contribution >= 0.6 is 11.8 Å². The molecular weight excluding hydrogens is 446 g/mol. The summed E-state index contributed by atoms with van der Waals surface area (Å²) in [7, 11) is 0. The number of nitrogens with zero attached hydrogens (tertiary/aromatic N) is 1. The fourth-order valence-corrected chi connectivity index (χ4v) is 5.00. The average Bonchev–Trinajstić information content (AvgIpc) is 2.85. The van der Waals surface area contributed by atoms with Gasteiger partial charge in [0.2, 0.25) is 5.91 Å². The molecule has 1 unspecified atom stereocenters. The molecule has 2 heterocycles. The second kappa shape index (κ2) is 9.65. The van der Waals surface area contributed by atoms with E-state index >= 15 is 0 Å². The number of phenols is 1. The SMILES string of the molecule is NC(C(=O)N[C@H]1C(=O)N2C(C(=O)OCc3ccccc3)=C(CO)CS[C@H]12)c1ccc(O)cc1. The maximum absolute atomic E-state index is 12.9. The minimum atomic E-state index is -1.03. The molecule has 2 aromatic carbocycles. The van der Waals surface area contributed by atoms with Gasteiger partial charge < -0.3 is 26.0 Å². The number of aromatic hydroxyl groups is 1. The number of phenolic OH excluding ortho intramolecular Hbond substituents is 1. The lowest BCUT2D eigenvalue weighted by atomic mass is 10.0. The van der Waals surface area contributed by atoms with Crippen LogP contribution in [-0.2, 0) is 25.7 Å². The van der Waals surface area contributed by atoms with Gasteiger partial charge in [0.15, 0.2) is 0 Å². The van der Waals surface area contributed by atoms with Gasteiger partial charge in [-0.2, -0.15) is 0 Å². The molecule has 172 valence electrons. The van der Waals surface area contributed by atoms with Crippen LogP contribution < -0.4 is 11.1 Å². The Kier molecular flexibility index (Phi) is 6.68.